The molecule has 0 heterocycles. The van der Waals surface area contributed by atoms with Crippen LogP contribution in [0.3, 0.4) is 0 Å². The highest BCUT2D eigenvalue weighted by Gasteiger charge is 2.19. The van der Waals surface area contributed by atoms with Gasteiger partial charge in [0.1, 0.15) is 5.82 Å². The second-order valence-corrected chi connectivity index (χ2v) is 5.92. The fourth-order valence-corrected chi connectivity index (χ4v) is 2.73. The van der Waals surface area contributed by atoms with Crippen molar-refractivity contribution in [1.29, 1.82) is 0 Å². The lowest BCUT2D eigenvalue weighted by Crippen LogP contribution is -2.27. The van der Waals surface area contributed by atoms with Crippen LogP contribution < -0.4 is 0 Å². The van der Waals surface area contributed by atoms with Gasteiger partial charge in [-0.2, -0.15) is 0 Å². The zero-order chi connectivity index (χ0) is 16.8. The van der Waals surface area contributed by atoms with Gasteiger partial charge in [0.05, 0.1) is 6.04 Å². The van der Waals surface area contributed by atoms with Gasteiger partial charge >= 0.3 is 5.97 Å². The zero-order valence-electron chi connectivity index (χ0n) is 12.9. The van der Waals surface area contributed by atoms with Crippen LogP contribution in [-0.4, -0.2) is 29.6 Å². The first kappa shape index (κ1) is 17.4. The van der Waals surface area contributed by atoms with Gasteiger partial charge in [-0.25, -0.2) is 4.39 Å². The molecular weight excluding hydrogens is 317 g/mol. The summed E-state index contributed by atoms with van der Waals surface area (Å²) in [5.74, 6) is -1.08. The molecule has 0 radical (unpaired) electrons. The van der Waals surface area contributed by atoms with E-state index in [1.54, 1.807) is 12.1 Å². The Balaban J connectivity index is 2.25. The summed E-state index contributed by atoms with van der Waals surface area (Å²) in [6.45, 7) is 0.622. The smallest absolute Gasteiger partial charge is 0.303 e. The maximum absolute atomic E-state index is 13.2. The number of rotatable bonds is 7. The molecule has 0 aliphatic heterocycles. The van der Waals surface area contributed by atoms with E-state index in [2.05, 4.69) is 4.90 Å². The fourth-order valence-electron chi connectivity index (χ4n) is 2.60. The Morgan fingerprint density at radius 2 is 1.65 bits per heavy atom. The summed E-state index contributed by atoms with van der Waals surface area (Å²) < 4.78 is 13.2. The van der Waals surface area contributed by atoms with Gasteiger partial charge in [0.25, 0.3) is 0 Å². The van der Waals surface area contributed by atoms with Crippen molar-refractivity contribution < 1.29 is 14.3 Å². The predicted molar refractivity (Wildman–Crippen MR) is 89.2 cm³/mol. The van der Waals surface area contributed by atoms with E-state index in [1.165, 1.54) is 12.1 Å². The lowest BCUT2D eigenvalue weighted by atomic mass is 9.97. The third kappa shape index (κ3) is 5.05. The molecule has 5 heteroatoms. The highest BCUT2D eigenvalue weighted by molar-refractivity contribution is 6.30. The van der Waals surface area contributed by atoms with Crippen molar-refractivity contribution in [3.63, 3.8) is 0 Å². The van der Waals surface area contributed by atoms with Gasteiger partial charge in [0.15, 0.2) is 0 Å². The Kier molecular flexibility index (Phi) is 6.13. The van der Waals surface area contributed by atoms with Crippen molar-refractivity contribution in [2.45, 2.75) is 18.9 Å². The third-order valence-electron chi connectivity index (χ3n) is 3.71. The summed E-state index contributed by atoms with van der Waals surface area (Å²) in [4.78, 5) is 12.8. The topological polar surface area (TPSA) is 40.5 Å². The monoisotopic (exact) mass is 335 g/mol. The van der Waals surface area contributed by atoms with E-state index in [4.69, 9.17) is 16.7 Å². The fraction of sp³-hybridized carbons (Fsp3) is 0.278. The molecule has 2 rings (SSSR count). The van der Waals surface area contributed by atoms with E-state index in [9.17, 15) is 9.18 Å². The van der Waals surface area contributed by atoms with Gasteiger partial charge in [-0.05, 0) is 55.4 Å². The largest absolute Gasteiger partial charge is 0.481 e. The average molecular weight is 336 g/mol. The Bertz CT molecular complexity index is 598. The van der Waals surface area contributed by atoms with E-state index in [1.807, 2.05) is 31.3 Å². The summed E-state index contributed by atoms with van der Waals surface area (Å²) in [7, 11) is 1.94. The lowest BCUT2D eigenvalue weighted by Gasteiger charge is -2.29. The molecule has 23 heavy (non-hydrogen) atoms. The molecule has 1 unspecified atom stereocenters. The van der Waals surface area contributed by atoms with Crippen molar-refractivity contribution >= 4 is 17.6 Å². The number of nitrogens with zero attached hydrogens (tertiary/aromatic N) is 1. The van der Waals surface area contributed by atoms with Crippen LogP contribution in [0.4, 0.5) is 4.39 Å². The number of benzene rings is 2. The first-order valence-corrected chi connectivity index (χ1v) is 7.78. The summed E-state index contributed by atoms with van der Waals surface area (Å²) in [6, 6.07) is 13.8. The molecule has 0 saturated carbocycles. The molecule has 0 aliphatic rings. The van der Waals surface area contributed by atoms with E-state index >= 15 is 0 Å². The highest BCUT2D eigenvalue weighted by atomic mass is 35.5. The Morgan fingerprint density at radius 3 is 2.17 bits per heavy atom. The van der Waals surface area contributed by atoms with Crippen LogP contribution in [0.25, 0.3) is 0 Å². The van der Waals surface area contributed by atoms with Crippen LogP contribution in [-0.2, 0) is 4.79 Å². The summed E-state index contributed by atoms with van der Waals surface area (Å²) in [6.07, 6.45) is 0.679. The van der Waals surface area contributed by atoms with E-state index in [0.29, 0.717) is 18.0 Å². The Hall–Kier alpha value is -1.91. The molecule has 0 aromatic heterocycles. The predicted octanol–water partition coefficient (Wildman–Crippen LogP) is 4.37. The Labute approximate surface area is 140 Å². The van der Waals surface area contributed by atoms with Crippen LogP contribution in [0.5, 0.6) is 0 Å². The van der Waals surface area contributed by atoms with Gasteiger partial charge in [-0.1, -0.05) is 35.9 Å². The molecule has 0 bridgehead atoms. The standard InChI is InChI=1S/C18H19ClFNO2/c1-21(12-2-3-17(22)23)18(13-4-8-15(19)9-5-13)14-6-10-16(20)11-7-14/h4-11,18H,2-3,12H2,1H3,(H,22,23). The minimum absolute atomic E-state index is 0.0818. The maximum Gasteiger partial charge on any atom is 0.303 e. The van der Waals surface area contributed by atoms with E-state index in [0.717, 1.165) is 11.1 Å². The zero-order valence-corrected chi connectivity index (χ0v) is 13.6. The minimum atomic E-state index is -0.803. The first-order valence-electron chi connectivity index (χ1n) is 7.40. The van der Waals surface area contributed by atoms with Crippen molar-refractivity contribution in [2.75, 3.05) is 13.6 Å². The number of hydrogen-bond acceptors (Lipinski definition) is 2. The summed E-state index contributed by atoms with van der Waals surface area (Å²) in [5, 5.41) is 9.44. The SMILES string of the molecule is CN(CCCC(=O)O)C(c1ccc(F)cc1)c1ccc(Cl)cc1. The number of carbonyl (C=O) groups is 1. The summed E-state index contributed by atoms with van der Waals surface area (Å²) >= 11 is 5.95. The van der Waals surface area contributed by atoms with Gasteiger partial charge in [0, 0.05) is 11.4 Å². The number of carboxylic acids is 1. The molecule has 0 spiro atoms. The van der Waals surface area contributed by atoms with Crippen LogP contribution in [0, 0.1) is 5.82 Å². The summed E-state index contributed by atoms with van der Waals surface area (Å²) in [5.41, 5.74) is 1.98. The van der Waals surface area contributed by atoms with Crippen LogP contribution in [0.2, 0.25) is 5.02 Å². The maximum atomic E-state index is 13.2. The molecule has 0 fully saturated rings. The quantitative estimate of drug-likeness (QED) is 0.817. The van der Waals surface area contributed by atoms with Crippen LogP contribution >= 0.6 is 11.6 Å². The van der Waals surface area contributed by atoms with Crippen molar-refractivity contribution in [1.82, 2.24) is 4.90 Å². The van der Waals surface area contributed by atoms with Crippen LogP contribution in [0.1, 0.15) is 30.0 Å². The van der Waals surface area contributed by atoms with Gasteiger partial charge in [-0.15, -0.1) is 0 Å². The molecule has 1 N–H and O–H groups in total. The molecule has 2 aromatic carbocycles. The average Bonchev–Trinajstić information content (AvgIpc) is 2.51. The third-order valence-corrected chi connectivity index (χ3v) is 3.97. The molecule has 2 aromatic rings. The molecule has 0 amide bonds. The number of carboxylic acid groups (broad SMARTS) is 1. The van der Waals surface area contributed by atoms with E-state index < -0.39 is 5.97 Å². The molecule has 1 atom stereocenters. The van der Waals surface area contributed by atoms with Gasteiger partial charge in [-0.3, -0.25) is 9.69 Å². The number of aliphatic carboxylic acids is 1. The molecule has 3 nitrogen and oxygen atoms in total. The van der Waals surface area contributed by atoms with Crippen molar-refractivity contribution in [3.8, 4) is 0 Å². The first-order chi connectivity index (χ1) is 11.0. The van der Waals surface area contributed by atoms with Crippen molar-refractivity contribution in [3.05, 3.63) is 70.5 Å². The molecular formula is C18H19ClFNO2. The van der Waals surface area contributed by atoms with Gasteiger partial charge in [0.2, 0.25) is 0 Å². The van der Waals surface area contributed by atoms with Crippen LogP contribution in [0.15, 0.2) is 48.5 Å². The molecule has 122 valence electrons. The second kappa shape index (κ2) is 8.09. The minimum Gasteiger partial charge on any atom is -0.481 e. The normalized spacial score (nSPS) is 12.3. The number of halogens is 2. The highest BCUT2D eigenvalue weighted by Crippen LogP contribution is 2.29. The molecule has 0 saturated heterocycles. The Morgan fingerprint density at radius 1 is 1.13 bits per heavy atom. The second-order valence-electron chi connectivity index (χ2n) is 5.48. The molecule has 0 aliphatic carbocycles. The number of hydrogen-bond donors (Lipinski definition) is 1. The van der Waals surface area contributed by atoms with Crippen molar-refractivity contribution in [2.24, 2.45) is 0 Å². The van der Waals surface area contributed by atoms with Gasteiger partial charge < -0.3 is 5.11 Å². The van der Waals surface area contributed by atoms with E-state index in [-0.39, 0.29) is 18.3 Å². The lowest BCUT2D eigenvalue weighted by molar-refractivity contribution is -0.137.